The minimum absolute atomic E-state index is 0.0113. The minimum atomic E-state index is -0.962. The lowest BCUT2D eigenvalue weighted by Gasteiger charge is -2.13. The smallest absolute Gasteiger partial charge is 0.313 e. The van der Waals surface area contributed by atoms with Crippen molar-refractivity contribution in [3.05, 3.63) is 42.5 Å². The van der Waals surface area contributed by atoms with Gasteiger partial charge in [0.25, 0.3) is 0 Å². The maximum Gasteiger partial charge on any atom is 0.313 e. The van der Waals surface area contributed by atoms with Crippen molar-refractivity contribution in [2.24, 2.45) is 0 Å². The highest BCUT2D eigenvalue weighted by molar-refractivity contribution is 5.95. The van der Waals surface area contributed by atoms with E-state index in [0.29, 0.717) is 5.75 Å². The highest BCUT2D eigenvalue weighted by atomic mass is 16.5. The molecular weight excluding hydrogens is 296 g/mol. The fraction of sp³-hybridized carbons (Fsp3) is 0.333. The standard InChI is InChI=1S/C18H20O5/c1-2-22-18(21)11-14(19)10-15(20)12-23-17-9-5-7-13-6-3-4-8-16(13)17/h3-9,15,20H,2,10-12H2,1H3. The van der Waals surface area contributed by atoms with Crippen molar-refractivity contribution in [3.8, 4) is 5.75 Å². The molecule has 0 aliphatic rings. The predicted molar refractivity (Wildman–Crippen MR) is 86.3 cm³/mol. The normalized spacial score (nSPS) is 11.9. The molecule has 0 radical (unpaired) electrons. The molecule has 0 saturated carbocycles. The zero-order chi connectivity index (χ0) is 16.7. The Morgan fingerprint density at radius 1 is 1.13 bits per heavy atom. The molecule has 1 atom stereocenters. The molecule has 0 spiro atoms. The third-order valence-corrected chi connectivity index (χ3v) is 3.29. The van der Waals surface area contributed by atoms with Crippen molar-refractivity contribution >= 4 is 22.5 Å². The van der Waals surface area contributed by atoms with Gasteiger partial charge in [-0.3, -0.25) is 9.59 Å². The summed E-state index contributed by atoms with van der Waals surface area (Å²) in [5.41, 5.74) is 0. The topological polar surface area (TPSA) is 72.8 Å². The number of ketones is 1. The van der Waals surface area contributed by atoms with Gasteiger partial charge in [0.1, 0.15) is 24.6 Å². The quantitative estimate of drug-likeness (QED) is 0.598. The molecular formula is C18H20O5. The molecule has 1 N–H and O–H groups in total. The number of hydrogen-bond donors (Lipinski definition) is 1. The van der Waals surface area contributed by atoms with Gasteiger partial charge in [-0.05, 0) is 18.4 Å². The molecule has 0 fully saturated rings. The predicted octanol–water partition coefficient (Wildman–Crippen LogP) is 2.49. The Labute approximate surface area is 134 Å². The zero-order valence-electron chi connectivity index (χ0n) is 13.0. The van der Waals surface area contributed by atoms with Gasteiger partial charge in [0, 0.05) is 11.8 Å². The Morgan fingerprint density at radius 3 is 2.65 bits per heavy atom. The second-order valence-electron chi connectivity index (χ2n) is 5.17. The molecule has 5 nitrogen and oxygen atoms in total. The number of hydrogen-bond acceptors (Lipinski definition) is 5. The van der Waals surface area contributed by atoms with E-state index < -0.39 is 12.1 Å². The monoisotopic (exact) mass is 316 g/mol. The van der Waals surface area contributed by atoms with E-state index in [4.69, 9.17) is 9.47 Å². The Morgan fingerprint density at radius 2 is 1.87 bits per heavy atom. The summed E-state index contributed by atoms with van der Waals surface area (Å²) < 4.78 is 10.3. The first-order chi connectivity index (χ1) is 11.1. The van der Waals surface area contributed by atoms with Crippen LogP contribution in [0.5, 0.6) is 5.75 Å². The van der Waals surface area contributed by atoms with Gasteiger partial charge in [-0.2, -0.15) is 0 Å². The van der Waals surface area contributed by atoms with Gasteiger partial charge in [-0.25, -0.2) is 0 Å². The number of carbonyl (C=O) groups is 2. The fourth-order valence-corrected chi connectivity index (χ4v) is 2.27. The molecule has 0 saturated heterocycles. The Kier molecular flexibility index (Phi) is 6.11. The van der Waals surface area contributed by atoms with E-state index in [2.05, 4.69) is 0 Å². The van der Waals surface area contributed by atoms with Crippen molar-refractivity contribution in [2.75, 3.05) is 13.2 Å². The van der Waals surface area contributed by atoms with Crippen LogP contribution in [-0.2, 0) is 14.3 Å². The number of ether oxygens (including phenoxy) is 2. The molecule has 2 aromatic carbocycles. The summed E-state index contributed by atoms with van der Waals surface area (Å²) in [7, 11) is 0. The van der Waals surface area contributed by atoms with Crippen LogP contribution in [0.1, 0.15) is 19.8 Å². The Balaban J connectivity index is 1.87. The third kappa shape index (κ3) is 5.07. The van der Waals surface area contributed by atoms with Gasteiger partial charge in [0.15, 0.2) is 0 Å². The van der Waals surface area contributed by atoms with Crippen molar-refractivity contribution < 1.29 is 24.2 Å². The highest BCUT2D eigenvalue weighted by Gasteiger charge is 2.16. The van der Waals surface area contributed by atoms with Gasteiger partial charge >= 0.3 is 5.97 Å². The summed E-state index contributed by atoms with van der Waals surface area (Å²) in [5, 5.41) is 11.9. The van der Waals surface area contributed by atoms with Crippen LogP contribution in [0.25, 0.3) is 10.8 Å². The zero-order valence-corrected chi connectivity index (χ0v) is 13.0. The average Bonchev–Trinajstić information content (AvgIpc) is 2.52. The Hall–Kier alpha value is -2.40. The molecule has 0 amide bonds. The van der Waals surface area contributed by atoms with Crippen molar-refractivity contribution in [3.63, 3.8) is 0 Å². The molecule has 1 unspecified atom stereocenters. The highest BCUT2D eigenvalue weighted by Crippen LogP contribution is 2.25. The molecule has 2 aromatic rings. The van der Waals surface area contributed by atoms with E-state index in [1.807, 2.05) is 42.5 Å². The summed E-state index contributed by atoms with van der Waals surface area (Å²) in [6, 6.07) is 13.4. The van der Waals surface area contributed by atoms with Crippen molar-refractivity contribution in [2.45, 2.75) is 25.9 Å². The third-order valence-electron chi connectivity index (χ3n) is 3.29. The maximum atomic E-state index is 11.6. The lowest BCUT2D eigenvalue weighted by Crippen LogP contribution is -2.23. The minimum Gasteiger partial charge on any atom is -0.490 e. The number of aliphatic hydroxyl groups excluding tert-OH is 1. The van der Waals surface area contributed by atoms with E-state index >= 15 is 0 Å². The van der Waals surface area contributed by atoms with Crippen molar-refractivity contribution in [1.82, 2.24) is 0 Å². The largest absolute Gasteiger partial charge is 0.490 e. The van der Waals surface area contributed by atoms with Gasteiger partial charge in [0.2, 0.25) is 0 Å². The van der Waals surface area contributed by atoms with Crippen LogP contribution in [0, 0.1) is 0 Å². The number of esters is 1. The Bertz CT molecular complexity index is 675. The summed E-state index contributed by atoms with van der Waals surface area (Å²) >= 11 is 0. The van der Waals surface area contributed by atoms with Crippen LogP contribution in [0.15, 0.2) is 42.5 Å². The summed E-state index contributed by atoms with van der Waals surface area (Å²) in [6.45, 7) is 1.90. The van der Waals surface area contributed by atoms with E-state index in [9.17, 15) is 14.7 Å². The number of benzene rings is 2. The van der Waals surface area contributed by atoms with Crippen LogP contribution in [0.4, 0.5) is 0 Å². The number of carbonyl (C=O) groups excluding carboxylic acids is 2. The summed E-state index contributed by atoms with van der Waals surface area (Å²) in [6.07, 6.45) is -1.42. The van der Waals surface area contributed by atoms with E-state index in [1.165, 1.54) is 0 Å². The first-order valence-corrected chi connectivity index (χ1v) is 7.56. The van der Waals surface area contributed by atoms with E-state index in [0.717, 1.165) is 10.8 Å². The second-order valence-corrected chi connectivity index (χ2v) is 5.17. The second kappa shape index (κ2) is 8.29. The first-order valence-electron chi connectivity index (χ1n) is 7.56. The molecule has 0 aromatic heterocycles. The van der Waals surface area contributed by atoms with Crippen molar-refractivity contribution in [1.29, 1.82) is 0 Å². The average molecular weight is 316 g/mol. The summed E-state index contributed by atoms with van der Waals surface area (Å²) in [4.78, 5) is 22.9. The molecule has 23 heavy (non-hydrogen) atoms. The lowest BCUT2D eigenvalue weighted by molar-refractivity contribution is -0.145. The summed E-state index contributed by atoms with van der Waals surface area (Å²) in [5.74, 6) is -0.280. The van der Waals surface area contributed by atoms with Crippen LogP contribution in [0.2, 0.25) is 0 Å². The van der Waals surface area contributed by atoms with E-state index in [1.54, 1.807) is 6.92 Å². The molecule has 122 valence electrons. The van der Waals surface area contributed by atoms with Crippen LogP contribution in [-0.4, -0.2) is 36.2 Å². The SMILES string of the molecule is CCOC(=O)CC(=O)CC(O)COc1cccc2ccccc12. The maximum absolute atomic E-state index is 11.6. The molecule has 2 rings (SSSR count). The van der Waals surface area contributed by atoms with E-state index in [-0.39, 0.29) is 31.8 Å². The number of rotatable bonds is 8. The first kappa shape index (κ1) is 17.0. The number of aliphatic hydroxyl groups is 1. The molecule has 0 heterocycles. The molecule has 0 aliphatic heterocycles. The van der Waals surface area contributed by atoms with Gasteiger partial charge in [-0.1, -0.05) is 36.4 Å². The van der Waals surface area contributed by atoms with Crippen LogP contribution in [0.3, 0.4) is 0 Å². The van der Waals surface area contributed by atoms with Crippen LogP contribution >= 0.6 is 0 Å². The molecule has 0 bridgehead atoms. The van der Waals surface area contributed by atoms with Crippen LogP contribution < -0.4 is 4.74 Å². The lowest BCUT2D eigenvalue weighted by atomic mass is 10.1. The molecule has 5 heteroatoms. The van der Waals surface area contributed by atoms with Gasteiger partial charge < -0.3 is 14.6 Å². The molecule has 0 aliphatic carbocycles. The van der Waals surface area contributed by atoms with Gasteiger partial charge in [0.05, 0.1) is 12.7 Å². The number of Topliss-reactive ketones (excluding diaryl/α,β-unsaturated/α-hetero) is 1. The number of fused-ring (bicyclic) bond motifs is 1. The fourth-order valence-electron chi connectivity index (χ4n) is 2.27. The van der Waals surface area contributed by atoms with Gasteiger partial charge in [-0.15, -0.1) is 0 Å².